The number of piperidine rings is 2. The van der Waals surface area contributed by atoms with Gasteiger partial charge in [-0.3, -0.25) is 39.6 Å². The number of amides is 4. The number of fused-ring (bicyclic) bond motifs is 2. The summed E-state index contributed by atoms with van der Waals surface area (Å²) < 4.78 is 47.0. The molecule has 256 valence electrons. The van der Waals surface area contributed by atoms with Crippen LogP contribution in [0.4, 0.5) is 0 Å². The average Bonchev–Trinajstić information content (AvgIpc) is 3.60. The molecule has 2 fully saturated rings. The van der Waals surface area contributed by atoms with Crippen molar-refractivity contribution in [2.45, 2.75) is 96.7 Å². The molecule has 2 N–H and O–H groups in total. The second kappa shape index (κ2) is 14.8. The van der Waals surface area contributed by atoms with Gasteiger partial charge >= 0.3 is 0 Å². The highest BCUT2D eigenvalue weighted by atomic mass is 32.2. The molecule has 0 radical (unpaired) electrons. The molecule has 4 aliphatic heterocycles. The number of nitrogens with zero attached hydrogens (tertiary/aromatic N) is 2. The summed E-state index contributed by atoms with van der Waals surface area (Å²) in [6, 6.07) is 10.9. The summed E-state index contributed by atoms with van der Waals surface area (Å²) in [6.45, 7) is 5.83. The molecule has 6 rings (SSSR count). The van der Waals surface area contributed by atoms with Crippen molar-refractivity contribution in [3.63, 3.8) is 0 Å². The molecule has 2 aromatic rings. The third-order valence-electron chi connectivity index (χ3n) is 8.99. The molecule has 2 saturated heterocycles. The Balaban J connectivity index is 0.000000208. The van der Waals surface area contributed by atoms with E-state index in [1.807, 2.05) is 46.2 Å². The Morgan fingerprint density at radius 2 is 0.979 bits per heavy atom. The van der Waals surface area contributed by atoms with Crippen LogP contribution in [0.25, 0.3) is 0 Å². The predicted molar refractivity (Wildman–Crippen MR) is 177 cm³/mol. The molecule has 0 spiro atoms. The number of benzene rings is 2. The second-order valence-electron chi connectivity index (χ2n) is 12.3. The second-order valence-corrected chi connectivity index (χ2v) is 17.0. The van der Waals surface area contributed by atoms with Crippen molar-refractivity contribution in [2.75, 3.05) is 11.5 Å². The van der Waals surface area contributed by atoms with Gasteiger partial charge in [0.2, 0.25) is 23.6 Å². The van der Waals surface area contributed by atoms with Crippen LogP contribution >= 0.6 is 0 Å². The minimum absolute atomic E-state index is 0. The molecule has 2 aromatic carbocycles. The zero-order valence-corrected chi connectivity index (χ0v) is 27.7. The van der Waals surface area contributed by atoms with Gasteiger partial charge in [0, 0.05) is 50.5 Å². The molecule has 4 heterocycles. The quantitative estimate of drug-likeness (QED) is 0.392. The summed E-state index contributed by atoms with van der Waals surface area (Å²) in [7, 11) is -6.11. The first kappa shape index (κ1) is 36.4. The first-order valence-corrected chi connectivity index (χ1v) is 19.2. The highest BCUT2D eigenvalue weighted by Gasteiger charge is 2.36. The highest BCUT2D eigenvalue weighted by molar-refractivity contribution is 7.90. The summed E-state index contributed by atoms with van der Waals surface area (Å²) >= 11 is 0. The number of hydrogen-bond acceptors (Lipinski definition) is 10. The number of carbonyl (C=O) groups excluding carboxylic acids is 4. The van der Waals surface area contributed by atoms with Crippen molar-refractivity contribution in [1.29, 1.82) is 0 Å². The van der Waals surface area contributed by atoms with Crippen LogP contribution in [0.3, 0.4) is 0 Å². The van der Waals surface area contributed by atoms with Crippen molar-refractivity contribution < 1.29 is 36.0 Å². The van der Waals surface area contributed by atoms with Crippen LogP contribution in [0.15, 0.2) is 36.4 Å². The van der Waals surface area contributed by atoms with Gasteiger partial charge in [-0.2, -0.15) is 0 Å². The van der Waals surface area contributed by atoms with Crippen molar-refractivity contribution in [2.24, 2.45) is 0 Å². The first-order valence-electron chi connectivity index (χ1n) is 15.5. The van der Waals surface area contributed by atoms with Gasteiger partial charge in [0.25, 0.3) is 0 Å². The van der Waals surface area contributed by atoms with Crippen LogP contribution in [0.2, 0.25) is 0 Å². The predicted octanol–water partition coefficient (Wildman–Crippen LogP) is 2.12. The van der Waals surface area contributed by atoms with Crippen LogP contribution in [0, 0.1) is 0 Å². The molecule has 47 heavy (non-hydrogen) atoms. The fraction of sp³-hybridized carbons (Fsp3) is 0.515. The van der Waals surface area contributed by atoms with E-state index in [1.165, 1.54) is 0 Å². The largest absolute Gasteiger partial charge is 0.295 e. The van der Waals surface area contributed by atoms with E-state index in [0.717, 1.165) is 33.4 Å². The zero-order valence-electron chi connectivity index (χ0n) is 26.1. The lowest BCUT2D eigenvalue weighted by Gasteiger charge is -2.29. The summed E-state index contributed by atoms with van der Waals surface area (Å²) in [5.41, 5.74) is 5.95. The Morgan fingerprint density at radius 3 is 1.32 bits per heavy atom. The van der Waals surface area contributed by atoms with Crippen molar-refractivity contribution >= 4 is 43.3 Å². The Morgan fingerprint density at radius 1 is 0.617 bits per heavy atom. The number of imide groups is 2. The maximum Gasteiger partial charge on any atom is 0.243 e. The van der Waals surface area contributed by atoms with Gasteiger partial charge in [-0.15, -0.1) is 0 Å². The van der Waals surface area contributed by atoms with Crippen molar-refractivity contribution in [3.05, 3.63) is 69.8 Å². The lowest BCUT2D eigenvalue weighted by atomic mass is 10.0. The van der Waals surface area contributed by atoms with E-state index in [9.17, 15) is 36.0 Å². The fourth-order valence-corrected chi connectivity index (χ4v) is 8.12. The Bertz CT molecular complexity index is 1640. The maximum atomic E-state index is 12.0. The van der Waals surface area contributed by atoms with E-state index in [-0.39, 0.29) is 66.2 Å². The van der Waals surface area contributed by atoms with Crippen molar-refractivity contribution in [1.82, 2.24) is 20.4 Å². The van der Waals surface area contributed by atoms with Gasteiger partial charge in [0.15, 0.2) is 19.7 Å². The normalized spacial score (nSPS) is 21.6. The Hall–Kier alpha value is -3.46. The van der Waals surface area contributed by atoms with Crippen LogP contribution in [-0.4, -0.2) is 73.9 Å². The van der Waals surface area contributed by atoms with Gasteiger partial charge in [0.1, 0.15) is 0 Å². The number of nitrogens with one attached hydrogen (secondary N) is 2. The van der Waals surface area contributed by atoms with E-state index in [2.05, 4.69) is 10.6 Å². The van der Waals surface area contributed by atoms with E-state index in [1.54, 1.807) is 13.8 Å². The van der Waals surface area contributed by atoms with Gasteiger partial charge in [-0.05, 0) is 46.2 Å². The molecule has 12 nitrogen and oxygen atoms in total. The van der Waals surface area contributed by atoms with Gasteiger partial charge < -0.3 is 0 Å². The number of sulfone groups is 2. The number of rotatable bonds is 8. The smallest absolute Gasteiger partial charge is 0.243 e. The molecule has 14 heteroatoms. The van der Waals surface area contributed by atoms with Gasteiger partial charge in [-0.25, -0.2) is 16.8 Å². The molecule has 0 aliphatic carbocycles. The van der Waals surface area contributed by atoms with Crippen LogP contribution in [0.5, 0.6) is 0 Å². The Labute approximate surface area is 277 Å². The van der Waals surface area contributed by atoms with Crippen LogP contribution in [-0.2, 0) is 76.5 Å². The molecular formula is C33H44N4O8S2. The SMILES string of the molecule is C.CCS(=O)(=O)Cc1ccc2c(c1)CN(C1CCC(=O)NC1=O)C2.CCS(=O)(=O)Cc1ccc2c(c1)CN(C1CCC(=O)NC1=O)C2. The van der Waals surface area contributed by atoms with Crippen LogP contribution in [0.1, 0.15) is 80.3 Å². The summed E-state index contributed by atoms with van der Waals surface area (Å²) in [4.78, 5) is 50.6. The number of hydrogen-bond donors (Lipinski definition) is 2. The third-order valence-corrected chi connectivity index (χ3v) is 12.3. The minimum Gasteiger partial charge on any atom is -0.295 e. The van der Waals surface area contributed by atoms with Crippen molar-refractivity contribution in [3.8, 4) is 0 Å². The van der Waals surface area contributed by atoms with Gasteiger partial charge in [-0.1, -0.05) is 57.7 Å². The molecule has 2 atom stereocenters. The highest BCUT2D eigenvalue weighted by Crippen LogP contribution is 2.30. The topological polar surface area (TPSA) is 167 Å². The lowest BCUT2D eigenvalue weighted by molar-refractivity contribution is -0.139. The van der Waals surface area contributed by atoms with E-state index in [0.29, 0.717) is 51.9 Å². The van der Waals surface area contributed by atoms with Crippen LogP contribution < -0.4 is 10.6 Å². The molecular weight excluding hydrogens is 645 g/mol. The fourth-order valence-electron chi connectivity index (χ4n) is 6.34. The number of carbonyl (C=O) groups is 4. The molecule has 4 amide bonds. The third kappa shape index (κ3) is 8.92. The Kier molecular flexibility index (Phi) is 11.4. The standard InChI is InChI=1S/2C16H20N2O4S.CH4/c2*1-2-23(21,22)10-11-3-4-12-8-18(9-13(12)7-11)14-5-6-15(19)17-16(14)20;/h2*3-4,7,14H,2,5-6,8-10H2,1H3,(H,17,19,20);1H4. The first-order chi connectivity index (χ1) is 21.8. The average molecular weight is 689 g/mol. The summed E-state index contributed by atoms with van der Waals surface area (Å²) in [5, 5.41) is 4.77. The molecule has 2 unspecified atom stereocenters. The maximum absolute atomic E-state index is 12.0. The zero-order chi connectivity index (χ0) is 33.2. The lowest BCUT2D eigenvalue weighted by Crippen LogP contribution is -2.50. The van der Waals surface area contributed by atoms with E-state index < -0.39 is 19.7 Å². The molecule has 0 bridgehead atoms. The molecule has 0 saturated carbocycles. The molecule has 0 aromatic heterocycles. The monoisotopic (exact) mass is 688 g/mol. The molecule has 4 aliphatic rings. The summed E-state index contributed by atoms with van der Waals surface area (Å²) in [5.74, 6) is -0.528. The van der Waals surface area contributed by atoms with Gasteiger partial charge in [0.05, 0.1) is 23.6 Å². The van der Waals surface area contributed by atoms with E-state index in [4.69, 9.17) is 0 Å². The van der Waals surface area contributed by atoms with E-state index >= 15 is 0 Å². The summed E-state index contributed by atoms with van der Waals surface area (Å²) in [6.07, 6.45) is 1.80. The minimum atomic E-state index is -3.05.